The van der Waals surface area contributed by atoms with Gasteiger partial charge in [0.1, 0.15) is 5.82 Å². The van der Waals surface area contributed by atoms with Crippen molar-refractivity contribution in [3.8, 4) is 0 Å². The van der Waals surface area contributed by atoms with Crippen molar-refractivity contribution in [3.63, 3.8) is 0 Å². The third-order valence-corrected chi connectivity index (χ3v) is 5.82. The standard InChI is InChI=1S/C28H31N3O/c1-20(29-26(32)18-21-10-6-5-7-11-21)27-30-24-12-8-9-13-25(24)31(27)19-22-14-16-23(17-15-22)28(2,3)4/h5-17,20H,18-19H2,1-4H3,(H,29,32). The van der Waals surface area contributed by atoms with Crippen molar-refractivity contribution in [3.05, 3.63) is 101 Å². The van der Waals surface area contributed by atoms with Crippen LogP contribution in [0.15, 0.2) is 78.9 Å². The van der Waals surface area contributed by atoms with Crippen LogP contribution in [0.25, 0.3) is 11.0 Å². The Bertz CT molecular complexity index is 1200. The molecule has 1 N–H and O–H groups in total. The molecule has 0 bridgehead atoms. The van der Waals surface area contributed by atoms with Crippen molar-refractivity contribution < 1.29 is 4.79 Å². The van der Waals surface area contributed by atoms with E-state index in [1.54, 1.807) is 0 Å². The summed E-state index contributed by atoms with van der Waals surface area (Å²) in [5.41, 5.74) is 5.68. The van der Waals surface area contributed by atoms with Gasteiger partial charge in [0.05, 0.1) is 23.5 Å². The molecular weight excluding hydrogens is 394 g/mol. The van der Waals surface area contributed by atoms with Crippen molar-refractivity contribution in [2.45, 2.75) is 52.1 Å². The highest BCUT2D eigenvalue weighted by Gasteiger charge is 2.19. The average Bonchev–Trinajstić information content (AvgIpc) is 3.13. The normalized spacial score (nSPS) is 12.6. The van der Waals surface area contributed by atoms with Crippen LogP contribution < -0.4 is 5.32 Å². The van der Waals surface area contributed by atoms with E-state index >= 15 is 0 Å². The van der Waals surface area contributed by atoms with Gasteiger partial charge >= 0.3 is 0 Å². The van der Waals surface area contributed by atoms with Crippen LogP contribution in [0.1, 0.15) is 56.3 Å². The molecule has 164 valence electrons. The van der Waals surface area contributed by atoms with Gasteiger partial charge in [-0.05, 0) is 41.2 Å². The molecule has 1 atom stereocenters. The lowest BCUT2D eigenvalue weighted by atomic mass is 9.87. The minimum Gasteiger partial charge on any atom is -0.346 e. The number of carbonyl (C=O) groups is 1. The zero-order valence-corrected chi connectivity index (χ0v) is 19.3. The molecule has 4 rings (SSSR count). The van der Waals surface area contributed by atoms with Crippen LogP contribution in [0.4, 0.5) is 0 Å². The summed E-state index contributed by atoms with van der Waals surface area (Å²) >= 11 is 0. The topological polar surface area (TPSA) is 46.9 Å². The molecule has 4 heteroatoms. The maximum absolute atomic E-state index is 12.7. The van der Waals surface area contributed by atoms with Gasteiger partial charge in [-0.25, -0.2) is 4.98 Å². The number of imidazole rings is 1. The average molecular weight is 426 g/mol. The van der Waals surface area contributed by atoms with E-state index in [-0.39, 0.29) is 17.4 Å². The summed E-state index contributed by atoms with van der Waals surface area (Å²) < 4.78 is 2.22. The Balaban J connectivity index is 1.59. The quantitative estimate of drug-likeness (QED) is 0.424. The molecule has 1 unspecified atom stereocenters. The number of rotatable bonds is 6. The van der Waals surface area contributed by atoms with Gasteiger partial charge < -0.3 is 9.88 Å². The number of amides is 1. The molecule has 3 aromatic carbocycles. The van der Waals surface area contributed by atoms with Gasteiger partial charge in [0.25, 0.3) is 0 Å². The van der Waals surface area contributed by atoms with Gasteiger partial charge in [0.15, 0.2) is 0 Å². The van der Waals surface area contributed by atoms with Crippen molar-refractivity contribution >= 4 is 16.9 Å². The molecule has 4 nitrogen and oxygen atoms in total. The second-order valence-electron chi connectivity index (χ2n) is 9.44. The number of fused-ring (bicyclic) bond motifs is 1. The van der Waals surface area contributed by atoms with Crippen LogP contribution in [0.5, 0.6) is 0 Å². The number of aromatic nitrogens is 2. The van der Waals surface area contributed by atoms with Crippen LogP contribution in [0, 0.1) is 0 Å². The first-order chi connectivity index (χ1) is 15.3. The smallest absolute Gasteiger partial charge is 0.224 e. The monoisotopic (exact) mass is 425 g/mol. The van der Waals surface area contributed by atoms with Crippen LogP contribution in [0.3, 0.4) is 0 Å². The lowest BCUT2D eigenvalue weighted by Gasteiger charge is -2.20. The Morgan fingerprint density at radius 2 is 1.56 bits per heavy atom. The Kier molecular flexibility index (Phi) is 6.13. The molecule has 0 fully saturated rings. The Labute approximate surface area is 190 Å². The van der Waals surface area contributed by atoms with Crippen molar-refractivity contribution in [1.82, 2.24) is 14.9 Å². The highest BCUT2D eigenvalue weighted by atomic mass is 16.1. The van der Waals surface area contributed by atoms with E-state index in [4.69, 9.17) is 4.98 Å². The van der Waals surface area contributed by atoms with E-state index in [9.17, 15) is 4.79 Å². The molecule has 0 radical (unpaired) electrons. The van der Waals surface area contributed by atoms with Gasteiger partial charge in [-0.2, -0.15) is 0 Å². The van der Waals surface area contributed by atoms with Gasteiger partial charge in [0.2, 0.25) is 5.91 Å². The first kappa shape index (κ1) is 21.8. The van der Waals surface area contributed by atoms with Gasteiger partial charge in [0, 0.05) is 6.54 Å². The molecule has 1 aromatic heterocycles. The molecule has 0 aliphatic rings. The second-order valence-corrected chi connectivity index (χ2v) is 9.44. The Hall–Kier alpha value is -3.40. The number of benzene rings is 3. The highest BCUT2D eigenvalue weighted by molar-refractivity contribution is 5.79. The SMILES string of the molecule is CC(NC(=O)Cc1ccccc1)c1nc2ccccc2n1Cc1ccc(C(C)(C)C)cc1. The molecule has 0 saturated heterocycles. The van der Waals surface area contributed by atoms with E-state index in [1.165, 1.54) is 11.1 Å². The largest absolute Gasteiger partial charge is 0.346 e. The minimum absolute atomic E-state index is 0.00293. The van der Waals surface area contributed by atoms with Gasteiger partial charge in [-0.1, -0.05) is 87.5 Å². The molecule has 4 aromatic rings. The molecule has 0 spiro atoms. The molecule has 0 aliphatic carbocycles. The van der Waals surface area contributed by atoms with Crippen LogP contribution in [-0.2, 0) is 23.2 Å². The fourth-order valence-corrected chi connectivity index (χ4v) is 4.02. The van der Waals surface area contributed by atoms with Crippen molar-refractivity contribution in [2.24, 2.45) is 0 Å². The molecule has 1 heterocycles. The highest BCUT2D eigenvalue weighted by Crippen LogP contribution is 2.25. The first-order valence-electron chi connectivity index (χ1n) is 11.2. The van der Waals surface area contributed by atoms with Gasteiger partial charge in [-0.15, -0.1) is 0 Å². The predicted octanol–water partition coefficient (Wildman–Crippen LogP) is 5.80. The number of hydrogen-bond acceptors (Lipinski definition) is 2. The number of nitrogens with one attached hydrogen (secondary N) is 1. The summed E-state index contributed by atoms with van der Waals surface area (Å²) in [6.07, 6.45) is 0.361. The lowest BCUT2D eigenvalue weighted by Crippen LogP contribution is -2.30. The maximum Gasteiger partial charge on any atom is 0.224 e. The van der Waals surface area contributed by atoms with E-state index in [0.29, 0.717) is 13.0 Å². The van der Waals surface area contributed by atoms with Crippen molar-refractivity contribution in [2.75, 3.05) is 0 Å². The third-order valence-electron chi connectivity index (χ3n) is 5.82. The summed E-state index contributed by atoms with van der Waals surface area (Å²) in [7, 11) is 0. The number of carbonyl (C=O) groups excluding carboxylic acids is 1. The Morgan fingerprint density at radius 3 is 2.25 bits per heavy atom. The molecule has 0 aliphatic heterocycles. The van der Waals surface area contributed by atoms with Crippen LogP contribution >= 0.6 is 0 Å². The fourth-order valence-electron chi connectivity index (χ4n) is 4.02. The molecule has 1 amide bonds. The van der Waals surface area contributed by atoms with Crippen molar-refractivity contribution in [1.29, 1.82) is 0 Å². The third kappa shape index (κ3) is 4.91. The van der Waals surface area contributed by atoms with Crippen LogP contribution in [-0.4, -0.2) is 15.5 Å². The van der Waals surface area contributed by atoms with E-state index in [2.05, 4.69) is 61.0 Å². The van der Waals surface area contributed by atoms with E-state index < -0.39 is 0 Å². The van der Waals surface area contributed by atoms with E-state index in [1.807, 2.05) is 55.5 Å². The molecule has 0 saturated carbocycles. The second kappa shape index (κ2) is 8.99. The lowest BCUT2D eigenvalue weighted by molar-refractivity contribution is -0.121. The maximum atomic E-state index is 12.7. The predicted molar refractivity (Wildman–Crippen MR) is 131 cm³/mol. The number of hydrogen-bond donors (Lipinski definition) is 1. The first-order valence-corrected chi connectivity index (χ1v) is 11.2. The summed E-state index contributed by atoms with van der Waals surface area (Å²) in [4.78, 5) is 17.5. The molecule has 32 heavy (non-hydrogen) atoms. The number of para-hydroxylation sites is 2. The summed E-state index contributed by atoms with van der Waals surface area (Å²) in [6, 6.07) is 26.6. The zero-order chi connectivity index (χ0) is 22.7. The minimum atomic E-state index is -0.201. The number of nitrogens with zero attached hydrogens (tertiary/aromatic N) is 2. The van der Waals surface area contributed by atoms with E-state index in [0.717, 1.165) is 22.4 Å². The summed E-state index contributed by atoms with van der Waals surface area (Å²) in [6.45, 7) is 9.39. The molecular formula is C28H31N3O. The Morgan fingerprint density at radius 1 is 0.906 bits per heavy atom. The summed E-state index contributed by atoms with van der Waals surface area (Å²) in [5, 5.41) is 3.14. The zero-order valence-electron chi connectivity index (χ0n) is 19.3. The fraction of sp³-hybridized carbons (Fsp3) is 0.286. The van der Waals surface area contributed by atoms with Gasteiger partial charge in [-0.3, -0.25) is 4.79 Å². The van der Waals surface area contributed by atoms with Crippen LogP contribution in [0.2, 0.25) is 0 Å². The summed E-state index contributed by atoms with van der Waals surface area (Å²) in [5.74, 6) is 0.865.